The van der Waals surface area contributed by atoms with E-state index in [1.165, 1.54) is 16.8 Å². The van der Waals surface area contributed by atoms with Crippen LogP contribution in [0, 0.1) is 12.7 Å². The minimum Gasteiger partial charge on any atom is -0.379 e. The first-order valence-corrected chi connectivity index (χ1v) is 8.34. The lowest BCUT2D eigenvalue weighted by Gasteiger charge is -2.32. The summed E-state index contributed by atoms with van der Waals surface area (Å²) in [5, 5.41) is 7.11. The lowest BCUT2D eigenvalue weighted by molar-refractivity contribution is 0.0204. The van der Waals surface area contributed by atoms with Crippen molar-refractivity contribution in [2.75, 3.05) is 32.8 Å². The number of hydrogen-bond donors (Lipinski definition) is 1. The van der Waals surface area contributed by atoms with Crippen molar-refractivity contribution in [2.24, 2.45) is 0 Å². The molecule has 1 aliphatic rings. The highest BCUT2D eigenvalue weighted by molar-refractivity contribution is 5.90. The van der Waals surface area contributed by atoms with Gasteiger partial charge < -0.3 is 10.1 Å². The quantitative estimate of drug-likeness (QED) is 0.879. The van der Waals surface area contributed by atoms with Crippen LogP contribution in [0.3, 0.4) is 0 Å². The summed E-state index contributed by atoms with van der Waals surface area (Å²) in [6, 6.07) is 6.10. The lowest BCUT2D eigenvalue weighted by Crippen LogP contribution is -2.47. The number of halogens is 1. The Bertz CT molecular complexity index is 725. The summed E-state index contributed by atoms with van der Waals surface area (Å²) < 4.78 is 19.9. The number of amides is 1. The minimum absolute atomic E-state index is 0.107. The van der Waals surface area contributed by atoms with Gasteiger partial charge >= 0.3 is 0 Å². The van der Waals surface area contributed by atoms with Gasteiger partial charge in [0.05, 0.1) is 18.9 Å². The molecular weight excluding hydrogens is 325 g/mol. The first kappa shape index (κ1) is 17.5. The number of hydrogen-bond acceptors (Lipinski definition) is 5. The maximum absolute atomic E-state index is 13.0. The van der Waals surface area contributed by atoms with Crippen LogP contribution in [0.4, 0.5) is 4.39 Å². The molecule has 7 nitrogen and oxygen atoms in total. The average molecular weight is 347 g/mol. The van der Waals surface area contributed by atoms with E-state index in [4.69, 9.17) is 4.74 Å². The predicted molar refractivity (Wildman–Crippen MR) is 90.2 cm³/mol. The summed E-state index contributed by atoms with van der Waals surface area (Å²) in [6.45, 7) is 7.53. The van der Waals surface area contributed by atoms with Crippen molar-refractivity contribution in [1.82, 2.24) is 25.0 Å². The molecule has 134 valence electrons. The molecule has 1 N–H and O–H groups in total. The van der Waals surface area contributed by atoms with Crippen molar-refractivity contribution in [1.29, 1.82) is 0 Å². The van der Waals surface area contributed by atoms with E-state index in [9.17, 15) is 9.18 Å². The van der Waals surface area contributed by atoms with E-state index in [2.05, 4.69) is 27.2 Å². The number of aryl methyl sites for hydroxylation is 1. The van der Waals surface area contributed by atoms with Crippen molar-refractivity contribution in [3.8, 4) is 5.69 Å². The van der Waals surface area contributed by atoms with E-state index in [0.29, 0.717) is 18.1 Å². The second kappa shape index (κ2) is 7.71. The maximum Gasteiger partial charge on any atom is 0.291 e. The van der Waals surface area contributed by atoms with Gasteiger partial charge in [-0.15, -0.1) is 5.10 Å². The minimum atomic E-state index is -0.323. The van der Waals surface area contributed by atoms with Crippen LogP contribution in [-0.2, 0) is 4.74 Å². The summed E-state index contributed by atoms with van der Waals surface area (Å²) >= 11 is 0. The molecule has 3 rings (SSSR count). The Morgan fingerprint density at radius 1 is 1.32 bits per heavy atom. The van der Waals surface area contributed by atoms with Gasteiger partial charge in [-0.1, -0.05) is 0 Å². The molecule has 1 aromatic heterocycles. The van der Waals surface area contributed by atoms with Gasteiger partial charge in [-0.2, -0.15) is 0 Å². The SMILES string of the molecule is Cc1nc(C(=O)NC[C@@H](C)N2CCOCC2)nn1-c1ccc(F)cc1. The highest BCUT2D eigenvalue weighted by Crippen LogP contribution is 2.11. The van der Waals surface area contributed by atoms with E-state index >= 15 is 0 Å². The Morgan fingerprint density at radius 3 is 2.68 bits per heavy atom. The van der Waals surface area contributed by atoms with Gasteiger partial charge in [-0.05, 0) is 38.1 Å². The van der Waals surface area contributed by atoms with Crippen LogP contribution < -0.4 is 5.32 Å². The second-order valence-electron chi connectivity index (χ2n) is 6.08. The lowest BCUT2D eigenvalue weighted by atomic mass is 10.2. The number of benzene rings is 1. The van der Waals surface area contributed by atoms with Crippen molar-refractivity contribution in [3.05, 3.63) is 41.7 Å². The van der Waals surface area contributed by atoms with Crippen LogP contribution >= 0.6 is 0 Å². The molecule has 1 atom stereocenters. The molecule has 0 spiro atoms. The van der Waals surface area contributed by atoms with Gasteiger partial charge in [0.1, 0.15) is 11.6 Å². The fraction of sp³-hybridized carbons (Fsp3) is 0.471. The summed E-state index contributed by atoms with van der Waals surface area (Å²) in [5.74, 6) is 0.0367. The largest absolute Gasteiger partial charge is 0.379 e. The zero-order valence-electron chi connectivity index (χ0n) is 14.4. The third-order valence-electron chi connectivity index (χ3n) is 4.27. The number of carbonyl (C=O) groups is 1. The van der Waals surface area contributed by atoms with Crippen LogP contribution in [-0.4, -0.2) is 64.5 Å². The first-order valence-electron chi connectivity index (χ1n) is 8.34. The molecule has 1 amide bonds. The molecule has 1 aliphatic heterocycles. The fourth-order valence-corrected chi connectivity index (χ4v) is 2.78. The van der Waals surface area contributed by atoms with Gasteiger partial charge in [0.25, 0.3) is 5.91 Å². The molecule has 1 aromatic carbocycles. The van der Waals surface area contributed by atoms with Crippen molar-refractivity contribution >= 4 is 5.91 Å². The monoisotopic (exact) mass is 347 g/mol. The normalized spacial score (nSPS) is 16.6. The van der Waals surface area contributed by atoms with Gasteiger partial charge in [-0.25, -0.2) is 14.1 Å². The number of morpholine rings is 1. The van der Waals surface area contributed by atoms with E-state index in [1.807, 2.05) is 0 Å². The zero-order valence-corrected chi connectivity index (χ0v) is 14.4. The highest BCUT2D eigenvalue weighted by Gasteiger charge is 2.20. The van der Waals surface area contributed by atoms with E-state index in [-0.39, 0.29) is 23.6 Å². The summed E-state index contributed by atoms with van der Waals surface area (Å²) in [5.41, 5.74) is 0.659. The van der Waals surface area contributed by atoms with Crippen LogP contribution in [0.15, 0.2) is 24.3 Å². The van der Waals surface area contributed by atoms with Crippen LogP contribution in [0.2, 0.25) is 0 Å². The van der Waals surface area contributed by atoms with Crippen molar-refractivity contribution < 1.29 is 13.9 Å². The molecule has 2 aromatic rings. The molecule has 25 heavy (non-hydrogen) atoms. The van der Waals surface area contributed by atoms with E-state index in [1.54, 1.807) is 19.1 Å². The molecule has 2 heterocycles. The van der Waals surface area contributed by atoms with Gasteiger partial charge in [0, 0.05) is 25.7 Å². The van der Waals surface area contributed by atoms with Gasteiger partial charge in [-0.3, -0.25) is 9.69 Å². The van der Waals surface area contributed by atoms with E-state index < -0.39 is 0 Å². The Kier molecular flexibility index (Phi) is 5.40. The fourth-order valence-electron chi connectivity index (χ4n) is 2.78. The molecule has 1 fully saturated rings. The molecule has 0 unspecified atom stereocenters. The number of aromatic nitrogens is 3. The predicted octanol–water partition coefficient (Wildman–Crippen LogP) is 1.17. The second-order valence-corrected chi connectivity index (χ2v) is 6.08. The van der Waals surface area contributed by atoms with Crippen LogP contribution in [0.5, 0.6) is 0 Å². The number of nitrogens with zero attached hydrogens (tertiary/aromatic N) is 4. The van der Waals surface area contributed by atoms with Gasteiger partial charge in [0.15, 0.2) is 0 Å². The smallest absolute Gasteiger partial charge is 0.291 e. The summed E-state index contributed by atoms with van der Waals surface area (Å²) in [7, 11) is 0. The van der Waals surface area contributed by atoms with E-state index in [0.717, 1.165) is 26.3 Å². The topological polar surface area (TPSA) is 72.3 Å². The first-order chi connectivity index (χ1) is 12.0. The number of carbonyl (C=O) groups excluding carboxylic acids is 1. The average Bonchev–Trinajstić information content (AvgIpc) is 3.02. The number of nitrogens with one attached hydrogen (secondary N) is 1. The summed E-state index contributed by atoms with van der Waals surface area (Å²) in [4.78, 5) is 18.8. The third-order valence-corrected chi connectivity index (χ3v) is 4.27. The molecule has 1 saturated heterocycles. The molecule has 0 saturated carbocycles. The third kappa shape index (κ3) is 4.21. The number of ether oxygens (including phenoxy) is 1. The standard InChI is InChI=1S/C17H22FN5O2/c1-12(22-7-9-25-10-8-22)11-19-17(24)16-20-13(2)23(21-16)15-5-3-14(18)4-6-15/h3-6,12H,7-11H2,1-2H3,(H,19,24)/t12-/m1/s1. The maximum atomic E-state index is 13.0. The summed E-state index contributed by atoms with van der Waals surface area (Å²) in [6.07, 6.45) is 0. The van der Waals surface area contributed by atoms with Crippen molar-refractivity contribution in [2.45, 2.75) is 19.9 Å². The molecular formula is C17H22FN5O2. The highest BCUT2D eigenvalue weighted by atomic mass is 19.1. The molecule has 0 aliphatic carbocycles. The van der Waals surface area contributed by atoms with Crippen molar-refractivity contribution in [3.63, 3.8) is 0 Å². The van der Waals surface area contributed by atoms with Crippen LogP contribution in [0.1, 0.15) is 23.4 Å². The Balaban J connectivity index is 1.62. The Labute approximate surface area is 145 Å². The Morgan fingerprint density at radius 2 is 2.00 bits per heavy atom. The molecule has 0 radical (unpaired) electrons. The van der Waals surface area contributed by atoms with Crippen LogP contribution in [0.25, 0.3) is 5.69 Å². The molecule has 0 bridgehead atoms. The van der Waals surface area contributed by atoms with Gasteiger partial charge in [0.2, 0.25) is 5.82 Å². The number of rotatable bonds is 5. The molecule has 8 heteroatoms. The zero-order chi connectivity index (χ0) is 17.8. The Hall–Kier alpha value is -2.32.